The zero-order valence-corrected chi connectivity index (χ0v) is 18.7. The van der Waals surface area contributed by atoms with Crippen molar-refractivity contribution in [1.82, 2.24) is 20.2 Å². The van der Waals surface area contributed by atoms with Crippen LogP contribution in [0.3, 0.4) is 0 Å². The highest BCUT2D eigenvalue weighted by atomic mass is 16.2. The van der Waals surface area contributed by atoms with Crippen LogP contribution in [0.5, 0.6) is 0 Å². The van der Waals surface area contributed by atoms with Crippen LogP contribution < -0.4 is 15.8 Å². The van der Waals surface area contributed by atoms with Gasteiger partial charge in [-0.3, -0.25) is 14.6 Å². The van der Waals surface area contributed by atoms with E-state index in [1.54, 1.807) is 12.3 Å². The number of H-pyrrole nitrogens is 1. The zero-order chi connectivity index (χ0) is 22.2. The number of likely N-dealkylation sites (N-methyl/N-ethyl adjacent to an activating group) is 2. The van der Waals surface area contributed by atoms with Crippen molar-refractivity contribution in [3.05, 3.63) is 58.8 Å². The Morgan fingerprint density at radius 2 is 2.19 bits per heavy atom. The first-order valence-electron chi connectivity index (χ1n) is 11.1. The Kier molecular flexibility index (Phi) is 8.00. The molecule has 0 bridgehead atoms. The number of aryl methyl sites for hydroxylation is 1. The Labute approximate surface area is 184 Å². The van der Waals surface area contributed by atoms with Crippen molar-refractivity contribution in [3.63, 3.8) is 0 Å². The Balaban J connectivity index is 1.84. The molecule has 0 aliphatic carbocycles. The highest BCUT2D eigenvalue weighted by Gasteiger charge is 2.28. The average Bonchev–Trinajstić information content (AvgIpc) is 2.81. The van der Waals surface area contributed by atoms with Crippen molar-refractivity contribution in [2.45, 2.75) is 39.2 Å². The molecule has 2 N–H and O–H groups in total. The van der Waals surface area contributed by atoms with E-state index in [0.717, 1.165) is 42.6 Å². The molecular weight excluding hydrogens is 390 g/mol. The minimum atomic E-state index is -0.104. The first-order valence-corrected chi connectivity index (χ1v) is 11.1. The van der Waals surface area contributed by atoms with Crippen LogP contribution in [0, 0.1) is 0 Å². The van der Waals surface area contributed by atoms with E-state index in [2.05, 4.69) is 40.1 Å². The summed E-state index contributed by atoms with van der Waals surface area (Å²) in [5.41, 5.74) is 3.57. The Morgan fingerprint density at radius 1 is 1.35 bits per heavy atom. The van der Waals surface area contributed by atoms with Crippen LogP contribution in [-0.2, 0) is 11.2 Å². The number of rotatable bonds is 8. The smallest absolute Gasteiger partial charge is 0.271 e. The Hall–Kier alpha value is -2.93. The molecule has 31 heavy (non-hydrogen) atoms. The fourth-order valence-corrected chi connectivity index (χ4v) is 4.12. The van der Waals surface area contributed by atoms with Gasteiger partial charge in [0.1, 0.15) is 5.69 Å². The summed E-state index contributed by atoms with van der Waals surface area (Å²) in [5.74, 6) is 0.0301. The third-order valence-corrected chi connectivity index (χ3v) is 5.78. The first-order chi connectivity index (χ1) is 15.1. The summed E-state index contributed by atoms with van der Waals surface area (Å²) in [7, 11) is 1.85. The zero-order valence-electron chi connectivity index (χ0n) is 18.7. The second kappa shape index (κ2) is 10.9. The summed E-state index contributed by atoms with van der Waals surface area (Å²) >= 11 is 0. The van der Waals surface area contributed by atoms with E-state index in [9.17, 15) is 9.59 Å². The fourth-order valence-electron chi connectivity index (χ4n) is 4.12. The quantitative estimate of drug-likeness (QED) is 0.638. The van der Waals surface area contributed by atoms with Gasteiger partial charge in [-0.05, 0) is 57.0 Å². The normalized spacial score (nSPS) is 16.6. The number of likely N-dealkylation sites (tertiary alicyclic amines) is 1. The fraction of sp³-hybridized carbons (Fsp3) is 0.458. The average molecular weight is 424 g/mol. The number of aromatic amines is 1. The van der Waals surface area contributed by atoms with Gasteiger partial charge in [0.15, 0.2) is 0 Å². The monoisotopic (exact) mass is 423 g/mol. The molecule has 1 saturated heterocycles. The molecule has 1 aliphatic rings. The van der Waals surface area contributed by atoms with Gasteiger partial charge in [-0.1, -0.05) is 13.0 Å². The van der Waals surface area contributed by atoms with E-state index >= 15 is 0 Å². The summed E-state index contributed by atoms with van der Waals surface area (Å²) in [4.78, 5) is 36.6. The van der Waals surface area contributed by atoms with E-state index < -0.39 is 0 Å². The number of hydrogen-bond donors (Lipinski definition) is 2. The van der Waals surface area contributed by atoms with Gasteiger partial charge in [-0.2, -0.15) is 0 Å². The molecule has 0 aromatic carbocycles. The number of amides is 1. The van der Waals surface area contributed by atoms with Crippen LogP contribution in [0.2, 0.25) is 0 Å². The molecule has 0 radical (unpaired) electrons. The number of nitrogens with one attached hydrogen (secondary N) is 2. The SMILES string of the molecule is CCc1cc(-c2c[nH]c(=O)c(N(CC)[C@H]3CCCN(C(=O)/C=C/CNC)C3)c2)ccn1. The van der Waals surface area contributed by atoms with Gasteiger partial charge in [0.05, 0.1) is 0 Å². The number of anilines is 1. The minimum Gasteiger partial charge on any atom is -0.363 e. The number of pyridine rings is 2. The van der Waals surface area contributed by atoms with Crippen LogP contribution in [0.25, 0.3) is 11.1 Å². The van der Waals surface area contributed by atoms with Crippen molar-refractivity contribution in [2.75, 3.05) is 38.1 Å². The second-order valence-corrected chi connectivity index (χ2v) is 7.82. The molecule has 0 spiro atoms. The minimum absolute atomic E-state index is 0.0301. The summed E-state index contributed by atoms with van der Waals surface area (Å²) in [6.45, 7) is 6.88. The van der Waals surface area contributed by atoms with E-state index in [4.69, 9.17) is 0 Å². The van der Waals surface area contributed by atoms with E-state index in [-0.39, 0.29) is 17.5 Å². The standard InChI is InChI=1S/C24H33N5O2/c1-4-20-14-18(10-12-26-20)19-15-22(24(31)27-16-19)29(5-2)21-8-7-13-28(17-21)23(30)9-6-11-25-3/h6,9-10,12,14-16,21,25H,4-5,7-8,11,13,17H2,1-3H3,(H,27,31)/b9-6+/t21-/m0/s1. The van der Waals surface area contributed by atoms with Gasteiger partial charge < -0.3 is 20.1 Å². The van der Waals surface area contributed by atoms with E-state index in [0.29, 0.717) is 25.3 Å². The molecule has 0 saturated carbocycles. The van der Waals surface area contributed by atoms with Crippen LogP contribution in [0.15, 0.2) is 47.5 Å². The molecular formula is C24H33N5O2. The van der Waals surface area contributed by atoms with Gasteiger partial charge in [0.25, 0.3) is 5.56 Å². The summed E-state index contributed by atoms with van der Waals surface area (Å²) in [6.07, 6.45) is 9.79. The molecule has 166 valence electrons. The highest BCUT2D eigenvalue weighted by Crippen LogP contribution is 2.25. The van der Waals surface area contributed by atoms with Gasteiger partial charge in [-0.15, -0.1) is 0 Å². The van der Waals surface area contributed by atoms with Crippen molar-refractivity contribution in [1.29, 1.82) is 0 Å². The third-order valence-electron chi connectivity index (χ3n) is 5.78. The van der Waals surface area contributed by atoms with E-state index in [1.165, 1.54) is 0 Å². The van der Waals surface area contributed by atoms with Crippen LogP contribution >= 0.6 is 0 Å². The van der Waals surface area contributed by atoms with E-state index in [1.807, 2.05) is 36.4 Å². The molecule has 2 aromatic heterocycles. The third kappa shape index (κ3) is 5.61. The lowest BCUT2D eigenvalue weighted by Gasteiger charge is -2.39. The van der Waals surface area contributed by atoms with Crippen molar-refractivity contribution in [2.24, 2.45) is 0 Å². The maximum atomic E-state index is 12.8. The van der Waals surface area contributed by atoms with Crippen molar-refractivity contribution < 1.29 is 4.79 Å². The van der Waals surface area contributed by atoms with Crippen LogP contribution in [0.4, 0.5) is 5.69 Å². The molecule has 0 unspecified atom stereocenters. The molecule has 1 atom stereocenters. The first kappa shape index (κ1) is 22.7. The van der Waals surface area contributed by atoms with Gasteiger partial charge in [0, 0.05) is 61.9 Å². The largest absolute Gasteiger partial charge is 0.363 e. The molecule has 2 aromatic rings. The highest BCUT2D eigenvalue weighted by molar-refractivity contribution is 5.87. The second-order valence-electron chi connectivity index (χ2n) is 7.82. The molecule has 3 heterocycles. The molecule has 3 rings (SSSR count). The predicted octanol–water partition coefficient (Wildman–Crippen LogP) is 2.59. The lowest BCUT2D eigenvalue weighted by molar-refractivity contribution is -0.127. The van der Waals surface area contributed by atoms with Crippen LogP contribution in [0.1, 0.15) is 32.4 Å². The van der Waals surface area contributed by atoms with Crippen LogP contribution in [-0.4, -0.2) is 60.0 Å². The predicted molar refractivity (Wildman–Crippen MR) is 125 cm³/mol. The Bertz CT molecular complexity index is 968. The number of piperidine rings is 1. The van der Waals surface area contributed by atoms with Gasteiger partial charge in [0.2, 0.25) is 5.91 Å². The van der Waals surface area contributed by atoms with Gasteiger partial charge in [-0.25, -0.2) is 0 Å². The number of nitrogens with zero attached hydrogens (tertiary/aromatic N) is 3. The molecule has 1 fully saturated rings. The number of carbonyl (C=O) groups excluding carboxylic acids is 1. The van der Waals surface area contributed by atoms with Gasteiger partial charge >= 0.3 is 0 Å². The lowest BCUT2D eigenvalue weighted by Crippen LogP contribution is -2.50. The Morgan fingerprint density at radius 3 is 2.94 bits per heavy atom. The number of carbonyl (C=O) groups is 1. The number of hydrogen-bond acceptors (Lipinski definition) is 5. The molecule has 7 heteroatoms. The molecule has 7 nitrogen and oxygen atoms in total. The number of aromatic nitrogens is 2. The maximum absolute atomic E-state index is 12.8. The topological polar surface area (TPSA) is 81.3 Å². The summed E-state index contributed by atoms with van der Waals surface area (Å²) in [6, 6.07) is 6.10. The summed E-state index contributed by atoms with van der Waals surface area (Å²) < 4.78 is 0. The molecule has 1 aliphatic heterocycles. The van der Waals surface area contributed by atoms with Crippen molar-refractivity contribution >= 4 is 11.6 Å². The maximum Gasteiger partial charge on any atom is 0.271 e. The molecule has 1 amide bonds. The lowest BCUT2D eigenvalue weighted by atomic mass is 10.0. The van der Waals surface area contributed by atoms with Crippen molar-refractivity contribution in [3.8, 4) is 11.1 Å². The summed E-state index contributed by atoms with van der Waals surface area (Å²) in [5, 5.41) is 3.01.